The molecule has 0 aromatic heterocycles. The lowest BCUT2D eigenvalue weighted by Crippen LogP contribution is -2.43. The predicted octanol–water partition coefficient (Wildman–Crippen LogP) is 0.124. The smallest absolute Gasteiger partial charge is 0.245 e. The van der Waals surface area contributed by atoms with Crippen molar-refractivity contribution in [1.29, 1.82) is 0 Å². The highest BCUT2D eigenvalue weighted by molar-refractivity contribution is 7.92. The second kappa shape index (κ2) is 4.95. The Balaban J connectivity index is 2.37. The summed E-state index contributed by atoms with van der Waals surface area (Å²) in [5, 5.41) is 2.65. The predicted molar refractivity (Wildman–Crippen MR) is 69.9 cm³/mol. The second-order valence-corrected chi connectivity index (χ2v) is 6.04. The van der Waals surface area contributed by atoms with Crippen molar-refractivity contribution >= 4 is 27.3 Å². The minimum absolute atomic E-state index is 0.0505. The Labute approximate surface area is 106 Å². The number of rotatable bonds is 4. The van der Waals surface area contributed by atoms with Crippen molar-refractivity contribution in [2.24, 2.45) is 5.73 Å². The van der Waals surface area contributed by atoms with Gasteiger partial charge in [-0.2, -0.15) is 0 Å². The van der Waals surface area contributed by atoms with Gasteiger partial charge in [0.1, 0.15) is 6.54 Å². The minimum atomic E-state index is -3.50. The van der Waals surface area contributed by atoms with E-state index >= 15 is 0 Å². The highest BCUT2D eigenvalue weighted by Crippen LogP contribution is 2.31. The first kappa shape index (κ1) is 12.8. The number of para-hydroxylation sites is 2. The molecule has 3 N–H and O–H groups in total. The number of benzene rings is 1. The lowest BCUT2D eigenvalue weighted by molar-refractivity contribution is -0.115. The minimum Gasteiger partial charge on any atom is -0.330 e. The lowest BCUT2D eigenvalue weighted by Gasteiger charge is -2.29. The Morgan fingerprint density at radius 2 is 2.06 bits per heavy atom. The van der Waals surface area contributed by atoms with Gasteiger partial charge < -0.3 is 11.1 Å². The number of fused-ring (bicyclic) bond motifs is 1. The van der Waals surface area contributed by atoms with E-state index < -0.39 is 10.0 Å². The van der Waals surface area contributed by atoms with Gasteiger partial charge in [-0.1, -0.05) is 12.1 Å². The van der Waals surface area contributed by atoms with Gasteiger partial charge in [-0.3, -0.25) is 9.10 Å². The molecule has 1 aromatic rings. The topological polar surface area (TPSA) is 92.5 Å². The number of anilines is 2. The maximum Gasteiger partial charge on any atom is 0.245 e. The summed E-state index contributed by atoms with van der Waals surface area (Å²) in [4.78, 5) is 11.5. The standard InChI is InChI=1S/C11H15N3O3S/c12-6-3-7-18(16,17)14-8-11(15)13-9-4-1-2-5-10(9)14/h1-2,4-5H,3,6-8,12H2,(H,13,15). The summed E-state index contributed by atoms with van der Waals surface area (Å²) in [5.41, 5.74) is 6.35. The Hall–Kier alpha value is -1.60. The number of carbonyl (C=O) groups is 1. The van der Waals surface area contributed by atoms with Crippen LogP contribution in [0, 0.1) is 0 Å². The average molecular weight is 269 g/mol. The maximum absolute atomic E-state index is 12.1. The molecule has 0 spiro atoms. The first-order valence-electron chi connectivity index (χ1n) is 5.64. The van der Waals surface area contributed by atoms with Crippen LogP contribution in [0.1, 0.15) is 6.42 Å². The Kier molecular flexibility index (Phi) is 3.53. The van der Waals surface area contributed by atoms with E-state index in [0.717, 1.165) is 4.31 Å². The highest BCUT2D eigenvalue weighted by Gasteiger charge is 2.30. The number of nitrogens with two attached hydrogens (primary N) is 1. The lowest BCUT2D eigenvalue weighted by atomic mass is 10.2. The van der Waals surface area contributed by atoms with Crippen molar-refractivity contribution in [2.75, 3.05) is 28.5 Å². The van der Waals surface area contributed by atoms with E-state index in [9.17, 15) is 13.2 Å². The third-order valence-electron chi connectivity index (χ3n) is 2.68. The van der Waals surface area contributed by atoms with Crippen molar-refractivity contribution in [3.05, 3.63) is 24.3 Å². The molecule has 98 valence electrons. The Morgan fingerprint density at radius 1 is 1.33 bits per heavy atom. The molecule has 1 aliphatic rings. The first-order chi connectivity index (χ1) is 8.54. The van der Waals surface area contributed by atoms with Gasteiger partial charge in [0.05, 0.1) is 17.1 Å². The number of hydrogen-bond donors (Lipinski definition) is 2. The van der Waals surface area contributed by atoms with Crippen LogP contribution in [0.4, 0.5) is 11.4 Å². The molecule has 0 unspecified atom stereocenters. The molecular weight excluding hydrogens is 254 g/mol. The number of nitrogens with zero attached hydrogens (tertiary/aromatic N) is 1. The zero-order valence-corrected chi connectivity index (χ0v) is 10.6. The summed E-state index contributed by atoms with van der Waals surface area (Å²) < 4.78 is 25.4. The normalized spacial score (nSPS) is 15.2. The quantitative estimate of drug-likeness (QED) is 0.812. The molecule has 0 fully saturated rings. The molecule has 7 heteroatoms. The third kappa shape index (κ3) is 2.46. The van der Waals surface area contributed by atoms with E-state index in [1.807, 2.05) is 0 Å². The molecule has 1 aliphatic heterocycles. The van der Waals surface area contributed by atoms with E-state index in [1.165, 1.54) is 0 Å². The zero-order chi connectivity index (χ0) is 13.2. The number of amides is 1. The summed E-state index contributed by atoms with van der Waals surface area (Å²) in [6.45, 7) is 0.130. The fourth-order valence-corrected chi connectivity index (χ4v) is 3.35. The summed E-state index contributed by atoms with van der Waals surface area (Å²) in [6, 6.07) is 6.84. The second-order valence-electron chi connectivity index (χ2n) is 4.03. The van der Waals surface area contributed by atoms with E-state index in [0.29, 0.717) is 24.3 Å². The molecule has 1 heterocycles. The fourth-order valence-electron chi connectivity index (χ4n) is 1.83. The number of hydrogen-bond acceptors (Lipinski definition) is 4. The molecule has 1 amide bonds. The molecular formula is C11H15N3O3S. The van der Waals surface area contributed by atoms with Crippen molar-refractivity contribution in [3.63, 3.8) is 0 Å². The van der Waals surface area contributed by atoms with Gasteiger partial charge in [0.25, 0.3) is 0 Å². The molecule has 0 saturated heterocycles. The Morgan fingerprint density at radius 3 is 2.78 bits per heavy atom. The molecule has 0 saturated carbocycles. The largest absolute Gasteiger partial charge is 0.330 e. The molecule has 0 aliphatic carbocycles. The van der Waals surface area contributed by atoms with Crippen LogP contribution in [0.3, 0.4) is 0 Å². The summed E-state index contributed by atoms with van der Waals surface area (Å²) in [7, 11) is -3.50. The SMILES string of the molecule is NCCCS(=O)(=O)N1CC(=O)Nc2ccccc21. The van der Waals surface area contributed by atoms with Gasteiger partial charge in [0.15, 0.2) is 0 Å². The van der Waals surface area contributed by atoms with Crippen molar-refractivity contribution in [3.8, 4) is 0 Å². The molecule has 18 heavy (non-hydrogen) atoms. The van der Waals surface area contributed by atoms with E-state index in [4.69, 9.17) is 5.73 Å². The van der Waals surface area contributed by atoms with Crippen molar-refractivity contribution in [2.45, 2.75) is 6.42 Å². The number of sulfonamides is 1. The van der Waals surface area contributed by atoms with Crippen LogP contribution >= 0.6 is 0 Å². The van der Waals surface area contributed by atoms with Gasteiger partial charge in [0.2, 0.25) is 15.9 Å². The van der Waals surface area contributed by atoms with Crippen LogP contribution in [0.5, 0.6) is 0 Å². The molecule has 2 rings (SSSR count). The van der Waals surface area contributed by atoms with Crippen LogP contribution in [0.25, 0.3) is 0 Å². The van der Waals surface area contributed by atoms with E-state index in [-0.39, 0.29) is 18.2 Å². The maximum atomic E-state index is 12.1. The first-order valence-corrected chi connectivity index (χ1v) is 7.25. The molecule has 0 radical (unpaired) electrons. The van der Waals surface area contributed by atoms with Crippen LogP contribution in [0.15, 0.2) is 24.3 Å². The van der Waals surface area contributed by atoms with Crippen LogP contribution < -0.4 is 15.4 Å². The van der Waals surface area contributed by atoms with Crippen molar-refractivity contribution in [1.82, 2.24) is 0 Å². The van der Waals surface area contributed by atoms with Gasteiger partial charge in [0, 0.05) is 0 Å². The van der Waals surface area contributed by atoms with E-state index in [1.54, 1.807) is 24.3 Å². The van der Waals surface area contributed by atoms with Crippen LogP contribution in [0.2, 0.25) is 0 Å². The zero-order valence-electron chi connectivity index (χ0n) is 9.80. The van der Waals surface area contributed by atoms with Crippen LogP contribution in [-0.4, -0.2) is 33.2 Å². The van der Waals surface area contributed by atoms with Crippen molar-refractivity contribution < 1.29 is 13.2 Å². The number of carbonyl (C=O) groups excluding carboxylic acids is 1. The molecule has 0 bridgehead atoms. The van der Waals surface area contributed by atoms with E-state index in [2.05, 4.69) is 5.32 Å². The van der Waals surface area contributed by atoms with Gasteiger partial charge in [-0.25, -0.2) is 8.42 Å². The summed E-state index contributed by atoms with van der Waals surface area (Å²) in [6.07, 6.45) is 0.378. The summed E-state index contributed by atoms with van der Waals surface area (Å²) in [5.74, 6) is -0.379. The third-order valence-corrected chi connectivity index (χ3v) is 4.48. The van der Waals surface area contributed by atoms with Gasteiger partial charge >= 0.3 is 0 Å². The number of nitrogens with one attached hydrogen (secondary N) is 1. The summed E-state index contributed by atoms with van der Waals surface area (Å²) >= 11 is 0. The van der Waals surface area contributed by atoms with Gasteiger partial charge in [-0.15, -0.1) is 0 Å². The van der Waals surface area contributed by atoms with Crippen LogP contribution in [-0.2, 0) is 14.8 Å². The van der Waals surface area contributed by atoms with Gasteiger partial charge in [-0.05, 0) is 25.1 Å². The molecule has 0 atom stereocenters. The fraction of sp³-hybridized carbons (Fsp3) is 0.364. The molecule has 6 nitrogen and oxygen atoms in total. The monoisotopic (exact) mass is 269 g/mol. The molecule has 1 aromatic carbocycles. The average Bonchev–Trinajstić information content (AvgIpc) is 2.35. The highest BCUT2D eigenvalue weighted by atomic mass is 32.2. The Bertz CT molecular complexity index is 556.